The van der Waals surface area contributed by atoms with Crippen molar-refractivity contribution in [2.45, 2.75) is 52.4 Å². The fraction of sp³-hybridized carbons (Fsp3) is 0.174. The number of para-hydroxylation sites is 2. The van der Waals surface area contributed by atoms with Crippen molar-refractivity contribution >= 4 is 78.2 Å². The van der Waals surface area contributed by atoms with Crippen molar-refractivity contribution < 1.29 is 0 Å². The molecule has 10 rings (SSSR count). The van der Waals surface area contributed by atoms with Crippen molar-refractivity contribution in [2.75, 3.05) is 4.90 Å². The van der Waals surface area contributed by atoms with Crippen LogP contribution in [-0.4, -0.2) is 11.3 Å². The number of nitrogens with zero attached hydrogens (tertiary/aromatic N) is 2. The van der Waals surface area contributed by atoms with Gasteiger partial charge >= 0.3 is 6.85 Å². The lowest BCUT2D eigenvalue weighted by atomic mass is 9.45. The molecule has 236 valence electrons. The zero-order valence-corrected chi connectivity index (χ0v) is 29.1. The Morgan fingerprint density at radius 3 is 1.82 bits per heavy atom. The van der Waals surface area contributed by atoms with Crippen LogP contribution < -0.4 is 15.8 Å². The molecular weight excluding hydrogens is 591 g/mol. The van der Waals surface area contributed by atoms with Crippen molar-refractivity contribution in [2.24, 2.45) is 0 Å². The Labute approximate surface area is 288 Å². The van der Waals surface area contributed by atoms with Crippen LogP contribution in [0.3, 0.4) is 0 Å². The Morgan fingerprint density at radius 2 is 1.10 bits per heavy atom. The second-order valence-corrected chi connectivity index (χ2v) is 16.3. The monoisotopic (exact) mass is 630 g/mol. The fourth-order valence-electron chi connectivity index (χ4n) is 8.66. The predicted octanol–water partition coefficient (Wildman–Crippen LogP) is 11.1. The summed E-state index contributed by atoms with van der Waals surface area (Å²) in [4.78, 5) is 2.58. The molecule has 0 bridgehead atoms. The average molecular weight is 631 g/mol. The molecule has 0 fully saturated rings. The maximum absolute atomic E-state index is 2.65. The van der Waals surface area contributed by atoms with Gasteiger partial charge in [0.15, 0.2) is 0 Å². The van der Waals surface area contributed by atoms with E-state index < -0.39 is 0 Å². The Morgan fingerprint density at radius 1 is 0.490 bits per heavy atom. The van der Waals surface area contributed by atoms with Crippen LogP contribution in [0.1, 0.15) is 52.7 Å². The van der Waals surface area contributed by atoms with Crippen LogP contribution in [0.5, 0.6) is 0 Å². The minimum Gasteiger partial charge on any atom is -0.375 e. The lowest BCUT2D eigenvalue weighted by Crippen LogP contribution is -2.56. The van der Waals surface area contributed by atoms with E-state index in [0.717, 1.165) is 0 Å². The highest BCUT2D eigenvalue weighted by Crippen LogP contribution is 2.47. The second kappa shape index (κ2) is 9.67. The van der Waals surface area contributed by atoms with Crippen molar-refractivity contribution in [3.63, 3.8) is 0 Å². The minimum absolute atomic E-state index is 0.00415. The summed E-state index contributed by atoms with van der Waals surface area (Å²) in [5.74, 6) is 0. The zero-order valence-electron chi connectivity index (χ0n) is 29.1. The first-order chi connectivity index (χ1) is 23.6. The summed E-state index contributed by atoms with van der Waals surface area (Å²) >= 11 is 0. The third-order valence-corrected chi connectivity index (χ3v) is 11.2. The van der Waals surface area contributed by atoms with Crippen molar-refractivity contribution in [1.29, 1.82) is 0 Å². The summed E-state index contributed by atoms with van der Waals surface area (Å²) in [6, 6.07) is 48.7. The minimum atomic E-state index is 0.00415. The van der Waals surface area contributed by atoms with Gasteiger partial charge in [0.25, 0.3) is 0 Å². The molecule has 2 aliphatic rings. The molecule has 0 atom stereocenters. The van der Waals surface area contributed by atoms with Gasteiger partial charge in [-0.05, 0) is 102 Å². The van der Waals surface area contributed by atoms with Gasteiger partial charge in [-0.15, -0.1) is 0 Å². The molecule has 0 saturated carbocycles. The number of hydrogen-bond acceptors (Lipinski definition) is 1. The van der Waals surface area contributed by atoms with Crippen LogP contribution in [0.4, 0.5) is 17.1 Å². The molecular formula is C46H39BN2. The lowest BCUT2D eigenvalue weighted by Gasteiger charge is -2.41. The van der Waals surface area contributed by atoms with Crippen LogP contribution in [0.15, 0.2) is 127 Å². The Hall–Kier alpha value is -5.28. The molecule has 0 N–H and O–H groups in total. The van der Waals surface area contributed by atoms with Crippen LogP contribution >= 0.6 is 0 Å². The normalized spacial score (nSPS) is 13.8. The van der Waals surface area contributed by atoms with Gasteiger partial charge in [0.2, 0.25) is 0 Å². The van der Waals surface area contributed by atoms with Crippen LogP contribution in [0, 0.1) is 0 Å². The molecule has 3 heteroatoms. The number of hydrogen-bond donors (Lipinski definition) is 0. The number of rotatable bonds is 1. The van der Waals surface area contributed by atoms with E-state index in [1.807, 2.05) is 0 Å². The first kappa shape index (κ1) is 28.7. The maximum atomic E-state index is 2.65. The number of benzene rings is 7. The molecule has 1 aromatic heterocycles. The molecule has 2 nitrogen and oxygen atoms in total. The number of anilines is 3. The molecule has 0 unspecified atom stereocenters. The maximum Gasteiger partial charge on any atom is 0.333 e. The van der Waals surface area contributed by atoms with E-state index in [-0.39, 0.29) is 17.7 Å². The summed E-state index contributed by atoms with van der Waals surface area (Å²) < 4.78 is 2.65. The van der Waals surface area contributed by atoms with Crippen molar-refractivity contribution in [3.05, 3.63) is 139 Å². The summed E-state index contributed by atoms with van der Waals surface area (Å²) in [5, 5.41) is 7.74. The molecule has 0 aliphatic carbocycles. The molecule has 3 heterocycles. The zero-order chi connectivity index (χ0) is 33.4. The topological polar surface area (TPSA) is 8.17 Å². The summed E-state index contributed by atoms with van der Waals surface area (Å²) in [5.41, 5.74) is 14.5. The molecule has 0 radical (unpaired) electrons. The number of aromatic nitrogens is 1. The van der Waals surface area contributed by atoms with Crippen molar-refractivity contribution in [3.8, 4) is 11.1 Å². The highest BCUT2D eigenvalue weighted by molar-refractivity contribution is 6.90. The van der Waals surface area contributed by atoms with Gasteiger partial charge < -0.3 is 9.38 Å². The molecule has 0 saturated heterocycles. The quantitative estimate of drug-likeness (QED) is 0.129. The molecule has 0 amide bonds. The third kappa shape index (κ3) is 4.02. The van der Waals surface area contributed by atoms with Crippen LogP contribution in [0.25, 0.3) is 54.5 Å². The Kier molecular flexibility index (Phi) is 5.66. The van der Waals surface area contributed by atoms with Gasteiger partial charge in [-0.2, -0.15) is 0 Å². The summed E-state index contributed by atoms with van der Waals surface area (Å²) in [6.45, 7) is 14.0. The summed E-state index contributed by atoms with van der Waals surface area (Å²) in [7, 11) is 0. The smallest absolute Gasteiger partial charge is 0.333 e. The van der Waals surface area contributed by atoms with E-state index in [1.165, 1.54) is 93.6 Å². The van der Waals surface area contributed by atoms with Gasteiger partial charge in [0.1, 0.15) is 0 Å². The third-order valence-electron chi connectivity index (χ3n) is 11.2. The summed E-state index contributed by atoms with van der Waals surface area (Å²) in [6.07, 6.45) is 0. The van der Waals surface area contributed by atoms with E-state index in [0.29, 0.717) is 0 Å². The molecule has 7 aromatic carbocycles. The van der Waals surface area contributed by atoms with E-state index in [4.69, 9.17) is 0 Å². The van der Waals surface area contributed by atoms with Crippen molar-refractivity contribution in [1.82, 2.24) is 4.48 Å². The Bertz CT molecular complexity index is 2670. The highest BCUT2D eigenvalue weighted by Gasteiger charge is 2.43. The van der Waals surface area contributed by atoms with E-state index >= 15 is 0 Å². The first-order valence-electron chi connectivity index (χ1n) is 17.6. The number of fused-ring (bicyclic) bond motifs is 9. The molecule has 8 aromatic rings. The molecule has 2 aliphatic heterocycles. The fourth-order valence-corrected chi connectivity index (χ4v) is 8.66. The van der Waals surface area contributed by atoms with Gasteiger partial charge in [-0.25, -0.2) is 0 Å². The average Bonchev–Trinajstić information content (AvgIpc) is 3.42. The standard InChI is InChI=1S/C46H39BN2/c1-45(2,3)32-25-33(46(4,5)6)27-34(26-32)48-41-20-12-16-36-38-18-11-17-37-35-15-9-10-19-40(35)49(44(37)38)47(43(36)41)39-23-30-21-28-13-7-8-14-29(28)22-31(30)24-42(39)48/h7-27H,1-6H3. The van der Waals surface area contributed by atoms with E-state index in [2.05, 4.69) is 178 Å². The highest BCUT2D eigenvalue weighted by atomic mass is 15.2. The first-order valence-corrected chi connectivity index (χ1v) is 17.6. The SMILES string of the molecule is CC(C)(C)c1cc(N2c3cc4cc5ccccc5cc4cc3B3c4c(cccc42)-c2cccc4c5ccccc5n3c24)cc(C(C)(C)C)c1. The second-order valence-electron chi connectivity index (χ2n) is 16.3. The van der Waals surface area contributed by atoms with Crippen LogP contribution in [0.2, 0.25) is 0 Å². The largest absolute Gasteiger partial charge is 0.375 e. The lowest BCUT2D eigenvalue weighted by molar-refractivity contribution is 0.569. The van der Waals surface area contributed by atoms with Gasteiger partial charge in [-0.3, -0.25) is 0 Å². The van der Waals surface area contributed by atoms with E-state index in [1.54, 1.807) is 0 Å². The Balaban J connectivity index is 1.37. The predicted molar refractivity (Wildman–Crippen MR) is 212 cm³/mol. The molecule has 49 heavy (non-hydrogen) atoms. The van der Waals surface area contributed by atoms with Gasteiger partial charge in [0.05, 0.1) is 0 Å². The van der Waals surface area contributed by atoms with Crippen LogP contribution in [-0.2, 0) is 10.8 Å². The van der Waals surface area contributed by atoms with Gasteiger partial charge in [0, 0.05) is 44.4 Å². The molecule has 0 spiro atoms. The van der Waals surface area contributed by atoms with Gasteiger partial charge in [-0.1, -0.05) is 126 Å². The van der Waals surface area contributed by atoms with E-state index in [9.17, 15) is 0 Å².